The molecule has 0 aliphatic rings. The summed E-state index contributed by atoms with van der Waals surface area (Å²) in [7, 11) is 1.59. The Bertz CT molecular complexity index is 879. The van der Waals surface area contributed by atoms with E-state index >= 15 is 0 Å². The van der Waals surface area contributed by atoms with Crippen LogP contribution in [0.25, 0.3) is 5.69 Å². The maximum atomic E-state index is 11.9. The van der Waals surface area contributed by atoms with E-state index in [1.807, 2.05) is 0 Å². The van der Waals surface area contributed by atoms with Crippen molar-refractivity contribution in [2.75, 3.05) is 12.9 Å². The summed E-state index contributed by atoms with van der Waals surface area (Å²) in [6.07, 6.45) is 0. The van der Waals surface area contributed by atoms with E-state index in [0.717, 1.165) is 23.2 Å². The molecule has 3 rings (SSSR count). The lowest BCUT2D eigenvalue weighted by atomic mass is 10.3. The van der Waals surface area contributed by atoms with Gasteiger partial charge in [-0.1, -0.05) is 17.8 Å². The predicted molar refractivity (Wildman–Crippen MR) is 96.4 cm³/mol. The number of carbonyl (C=O) groups is 2. The number of thiophene rings is 1. The molecular formula is C15H14N6O3S2. The number of benzene rings is 1. The van der Waals surface area contributed by atoms with Crippen LogP contribution in [0, 0.1) is 0 Å². The van der Waals surface area contributed by atoms with Gasteiger partial charge in [-0.2, -0.15) is 4.68 Å². The van der Waals surface area contributed by atoms with Crippen LogP contribution in [0.4, 0.5) is 0 Å². The van der Waals surface area contributed by atoms with Crippen LogP contribution in [0.5, 0.6) is 5.75 Å². The number of hydrogen-bond acceptors (Lipinski definition) is 8. The molecular weight excluding hydrogens is 376 g/mol. The minimum absolute atomic E-state index is 0.0429. The normalized spacial score (nSPS) is 10.3. The highest BCUT2D eigenvalue weighted by Gasteiger charge is 2.13. The molecule has 2 N–H and O–H groups in total. The summed E-state index contributed by atoms with van der Waals surface area (Å²) in [5.74, 6) is 0.0313. The number of carbonyl (C=O) groups excluding carboxylic acids is 2. The maximum absolute atomic E-state index is 11.9. The average Bonchev–Trinajstić information content (AvgIpc) is 3.36. The molecule has 134 valence electrons. The monoisotopic (exact) mass is 390 g/mol. The molecule has 9 nitrogen and oxygen atoms in total. The molecule has 3 aromatic rings. The molecule has 0 fully saturated rings. The number of aromatic nitrogens is 4. The molecule has 26 heavy (non-hydrogen) atoms. The standard InChI is InChI=1S/C15H14N6O3S2/c1-24-11-6-4-10(5-7-11)21-15(18-19-20-21)26-9-13(22)16-17-14(23)12-3-2-8-25-12/h2-8H,9H2,1H3,(H,16,22)(H,17,23). The van der Waals surface area contributed by atoms with Crippen LogP contribution in [0.15, 0.2) is 46.9 Å². The molecule has 0 radical (unpaired) electrons. The zero-order chi connectivity index (χ0) is 18.4. The second kappa shape index (κ2) is 8.45. The van der Waals surface area contributed by atoms with E-state index in [0.29, 0.717) is 10.0 Å². The Morgan fingerprint density at radius 1 is 1.23 bits per heavy atom. The van der Waals surface area contributed by atoms with Gasteiger partial charge in [0.05, 0.1) is 23.4 Å². The van der Waals surface area contributed by atoms with E-state index in [2.05, 4.69) is 26.4 Å². The Hall–Kier alpha value is -2.92. The molecule has 0 unspecified atom stereocenters. The van der Waals surface area contributed by atoms with Crippen molar-refractivity contribution >= 4 is 34.9 Å². The van der Waals surface area contributed by atoms with Crippen molar-refractivity contribution in [1.29, 1.82) is 0 Å². The summed E-state index contributed by atoms with van der Waals surface area (Å²) >= 11 is 2.44. The lowest BCUT2D eigenvalue weighted by Crippen LogP contribution is -2.42. The maximum Gasteiger partial charge on any atom is 0.279 e. The van der Waals surface area contributed by atoms with Crippen LogP contribution >= 0.6 is 23.1 Å². The first-order valence-electron chi connectivity index (χ1n) is 7.35. The number of ether oxygens (including phenoxy) is 1. The molecule has 0 saturated heterocycles. The van der Waals surface area contributed by atoms with Crippen LogP contribution in [-0.4, -0.2) is 44.9 Å². The molecule has 2 amide bonds. The smallest absolute Gasteiger partial charge is 0.279 e. The highest BCUT2D eigenvalue weighted by Crippen LogP contribution is 2.20. The number of thioether (sulfide) groups is 1. The van der Waals surface area contributed by atoms with Gasteiger partial charge in [0.15, 0.2) is 0 Å². The second-order valence-corrected chi connectivity index (χ2v) is 6.73. The first-order chi connectivity index (χ1) is 12.7. The van der Waals surface area contributed by atoms with Crippen molar-refractivity contribution in [3.05, 3.63) is 46.7 Å². The van der Waals surface area contributed by atoms with Crippen molar-refractivity contribution in [1.82, 2.24) is 31.1 Å². The number of hydrazine groups is 1. The lowest BCUT2D eigenvalue weighted by molar-refractivity contribution is -0.119. The van der Waals surface area contributed by atoms with Gasteiger partial charge in [0.25, 0.3) is 5.91 Å². The van der Waals surface area contributed by atoms with Crippen molar-refractivity contribution in [3.8, 4) is 11.4 Å². The highest BCUT2D eigenvalue weighted by atomic mass is 32.2. The molecule has 1 aromatic carbocycles. The third-order valence-corrected chi connectivity index (χ3v) is 4.94. The van der Waals surface area contributed by atoms with E-state index in [-0.39, 0.29) is 17.6 Å². The summed E-state index contributed by atoms with van der Waals surface area (Å²) in [6, 6.07) is 10.6. The van der Waals surface area contributed by atoms with Gasteiger partial charge in [-0.25, -0.2) is 0 Å². The van der Waals surface area contributed by atoms with Gasteiger partial charge >= 0.3 is 0 Å². The minimum atomic E-state index is -0.371. The largest absolute Gasteiger partial charge is 0.497 e. The number of amides is 2. The number of rotatable bonds is 6. The Balaban J connectivity index is 1.54. The van der Waals surface area contributed by atoms with Gasteiger partial charge in [0, 0.05) is 0 Å². The second-order valence-electron chi connectivity index (χ2n) is 4.84. The molecule has 0 atom stereocenters. The molecule has 0 spiro atoms. The molecule has 0 saturated carbocycles. The predicted octanol–water partition coefficient (Wildman–Crippen LogP) is 1.29. The van der Waals surface area contributed by atoms with Crippen molar-refractivity contribution in [3.63, 3.8) is 0 Å². The van der Waals surface area contributed by atoms with Crippen molar-refractivity contribution in [2.45, 2.75) is 5.16 Å². The summed E-state index contributed by atoms with van der Waals surface area (Å²) in [6.45, 7) is 0. The van der Waals surface area contributed by atoms with Crippen LogP contribution in [0.1, 0.15) is 9.67 Å². The highest BCUT2D eigenvalue weighted by molar-refractivity contribution is 7.99. The summed E-state index contributed by atoms with van der Waals surface area (Å²) in [5, 5.41) is 13.7. The summed E-state index contributed by atoms with van der Waals surface area (Å²) < 4.78 is 6.63. The minimum Gasteiger partial charge on any atom is -0.497 e. The average molecular weight is 390 g/mol. The van der Waals surface area contributed by atoms with Crippen LogP contribution in [0.3, 0.4) is 0 Å². The Morgan fingerprint density at radius 3 is 2.73 bits per heavy atom. The zero-order valence-corrected chi connectivity index (χ0v) is 15.2. The lowest BCUT2D eigenvalue weighted by Gasteiger charge is -2.07. The van der Waals surface area contributed by atoms with Gasteiger partial charge in [-0.15, -0.1) is 16.4 Å². The van der Waals surface area contributed by atoms with E-state index in [1.165, 1.54) is 16.0 Å². The van der Waals surface area contributed by atoms with Crippen LogP contribution < -0.4 is 15.6 Å². The SMILES string of the molecule is COc1ccc(-n2nnnc2SCC(=O)NNC(=O)c2cccs2)cc1. The molecule has 11 heteroatoms. The molecule has 2 aromatic heterocycles. The quantitative estimate of drug-likeness (QED) is 0.482. The van der Waals surface area contributed by atoms with E-state index < -0.39 is 0 Å². The first kappa shape index (κ1) is 17.9. The molecule has 0 aliphatic heterocycles. The van der Waals surface area contributed by atoms with Gasteiger partial charge in [-0.3, -0.25) is 20.4 Å². The fourth-order valence-electron chi connectivity index (χ4n) is 1.92. The molecule has 0 bridgehead atoms. The number of hydrogen-bond donors (Lipinski definition) is 2. The van der Waals surface area contributed by atoms with Crippen molar-refractivity contribution < 1.29 is 14.3 Å². The zero-order valence-electron chi connectivity index (χ0n) is 13.6. The number of methoxy groups -OCH3 is 1. The third-order valence-electron chi connectivity index (χ3n) is 3.15. The number of nitrogens with zero attached hydrogens (tertiary/aromatic N) is 4. The van der Waals surface area contributed by atoms with Gasteiger partial charge in [-0.05, 0) is 46.1 Å². The van der Waals surface area contributed by atoms with Gasteiger partial charge in [0.2, 0.25) is 11.1 Å². The van der Waals surface area contributed by atoms with Crippen LogP contribution in [-0.2, 0) is 4.79 Å². The number of nitrogens with one attached hydrogen (secondary N) is 2. The Morgan fingerprint density at radius 2 is 2.04 bits per heavy atom. The van der Waals surface area contributed by atoms with E-state index in [1.54, 1.807) is 48.9 Å². The topological polar surface area (TPSA) is 111 Å². The first-order valence-corrected chi connectivity index (χ1v) is 9.22. The molecule has 0 aliphatic carbocycles. The summed E-state index contributed by atoms with van der Waals surface area (Å²) in [5.41, 5.74) is 5.46. The van der Waals surface area contributed by atoms with Crippen molar-refractivity contribution in [2.24, 2.45) is 0 Å². The summed E-state index contributed by atoms with van der Waals surface area (Å²) in [4.78, 5) is 24.2. The Kier molecular flexibility index (Phi) is 5.81. The van der Waals surface area contributed by atoms with Gasteiger partial charge in [0.1, 0.15) is 5.75 Å². The van der Waals surface area contributed by atoms with Crippen LogP contribution in [0.2, 0.25) is 0 Å². The Labute approximate surface area is 156 Å². The fraction of sp³-hybridized carbons (Fsp3) is 0.133. The number of tetrazole rings is 1. The van der Waals surface area contributed by atoms with E-state index in [4.69, 9.17) is 4.74 Å². The molecule has 2 heterocycles. The van der Waals surface area contributed by atoms with E-state index in [9.17, 15) is 9.59 Å². The third kappa shape index (κ3) is 4.37. The van der Waals surface area contributed by atoms with Gasteiger partial charge < -0.3 is 4.74 Å². The fourth-order valence-corrected chi connectivity index (χ4v) is 3.23.